The third-order valence-corrected chi connectivity index (χ3v) is 7.20. The smallest absolute Gasteiger partial charge is 0.232 e. The zero-order valence-corrected chi connectivity index (χ0v) is 21.0. The Bertz CT molecular complexity index is 1300. The van der Waals surface area contributed by atoms with Crippen LogP contribution < -0.4 is 23.7 Å². The molecular formula is C27H27NO6S. The summed E-state index contributed by atoms with van der Waals surface area (Å²) in [7, 11) is 4.69. The maximum absolute atomic E-state index is 13.4. The summed E-state index contributed by atoms with van der Waals surface area (Å²) < 4.78 is 28.6. The maximum Gasteiger partial charge on any atom is 0.232 e. The Morgan fingerprint density at radius 1 is 1.09 bits per heavy atom. The highest BCUT2D eigenvalue weighted by atomic mass is 32.1. The van der Waals surface area contributed by atoms with Gasteiger partial charge in [-0.05, 0) is 48.6 Å². The molecule has 0 bridgehead atoms. The van der Waals surface area contributed by atoms with Crippen molar-refractivity contribution in [1.82, 2.24) is 4.90 Å². The van der Waals surface area contributed by atoms with Crippen LogP contribution in [-0.4, -0.2) is 45.3 Å². The van der Waals surface area contributed by atoms with Gasteiger partial charge in [-0.2, -0.15) is 0 Å². The van der Waals surface area contributed by atoms with Gasteiger partial charge in [-0.25, -0.2) is 0 Å². The number of rotatable bonds is 7. The van der Waals surface area contributed by atoms with Gasteiger partial charge in [-0.15, -0.1) is 11.3 Å². The van der Waals surface area contributed by atoms with E-state index >= 15 is 0 Å². The van der Waals surface area contributed by atoms with E-state index in [-0.39, 0.29) is 11.5 Å². The molecule has 0 aliphatic carbocycles. The second kappa shape index (κ2) is 9.64. The third kappa shape index (κ3) is 4.35. The average molecular weight is 494 g/mol. The second-order valence-corrected chi connectivity index (χ2v) is 9.45. The lowest BCUT2D eigenvalue weighted by Crippen LogP contribution is -2.33. The van der Waals surface area contributed by atoms with Gasteiger partial charge in [-0.1, -0.05) is 6.07 Å². The van der Waals surface area contributed by atoms with E-state index < -0.39 is 0 Å². The number of carbonyl (C=O) groups is 1. The predicted octanol–water partition coefficient (Wildman–Crippen LogP) is 5.09. The van der Waals surface area contributed by atoms with Crippen molar-refractivity contribution < 1.29 is 28.5 Å². The first-order chi connectivity index (χ1) is 17.0. The van der Waals surface area contributed by atoms with Crippen LogP contribution in [0.5, 0.6) is 28.7 Å². The number of ether oxygens (including phenoxy) is 5. The number of ketones is 1. The van der Waals surface area contributed by atoms with Crippen molar-refractivity contribution in [3.05, 3.63) is 68.6 Å². The first kappa shape index (κ1) is 23.3. The first-order valence-corrected chi connectivity index (χ1v) is 12.2. The molecule has 2 aliphatic heterocycles. The van der Waals surface area contributed by atoms with Gasteiger partial charge in [0.05, 0.1) is 32.5 Å². The number of allylic oxidation sites excluding steroid dienone is 1. The molecule has 3 aromatic rings. The lowest BCUT2D eigenvalue weighted by molar-refractivity contribution is 0.0951. The number of aryl methyl sites for hydroxylation is 1. The molecule has 5 rings (SSSR count). The fourth-order valence-corrected chi connectivity index (χ4v) is 5.15. The third-order valence-electron chi connectivity index (χ3n) is 6.26. The van der Waals surface area contributed by atoms with Gasteiger partial charge >= 0.3 is 0 Å². The zero-order chi connectivity index (χ0) is 24.5. The number of nitrogens with zero attached hydrogens (tertiary/aromatic N) is 1. The fraction of sp³-hybridized carbons (Fsp3) is 0.296. The molecule has 182 valence electrons. The Kier molecular flexibility index (Phi) is 6.40. The van der Waals surface area contributed by atoms with Crippen LogP contribution in [0.4, 0.5) is 0 Å². The van der Waals surface area contributed by atoms with Gasteiger partial charge in [0.2, 0.25) is 5.78 Å². The van der Waals surface area contributed by atoms with Crippen LogP contribution in [0.15, 0.2) is 41.5 Å². The van der Waals surface area contributed by atoms with Crippen LogP contribution in [0.3, 0.4) is 0 Å². The van der Waals surface area contributed by atoms with Gasteiger partial charge < -0.3 is 23.7 Å². The molecular weight excluding hydrogens is 466 g/mol. The Balaban J connectivity index is 1.46. The van der Waals surface area contributed by atoms with Crippen LogP contribution in [0.25, 0.3) is 6.08 Å². The Labute approximate surface area is 208 Å². The topological polar surface area (TPSA) is 66.5 Å². The molecule has 0 spiro atoms. The van der Waals surface area contributed by atoms with Crippen LogP contribution in [0, 0.1) is 6.92 Å². The minimum absolute atomic E-state index is 0.159. The average Bonchev–Trinajstić information content (AvgIpc) is 3.51. The molecule has 0 saturated heterocycles. The Morgan fingerprint density at radius 2 is 1.86 bits per heavy atom. The molecule has 0 N–H and O–H groups in total. The standard InChI is InChI=1S/C27H27NO6S/c1-16-10-21-19(14-28(15-33-21)8-7-18-6-5-9-35-18)27-25(16)26(29)24(34-27)12-17-11-22(31-3)23(32-4)13-20(17)30-2/h5-6,9-13H,7-8,14-15H2,1-4H3/b24-12-. The molecule has 2 aliphatic rings. The van der Waals surface area contributed by atoms with Gasteiger partial charge in [0.1, 0.15) is 24.0 Å². The zero-order valence-electron chi connectivity index (χ0n) is 20.2. The van der Waals surface area contributed by atoms with E-state index in [1.54, 1.807) is 50.9 Å². The van der Waals surface area contributed by atoms with Crippen molar-refractivity contribution in [2.45, 2.75) is 19.9 Å². The van der Waals surface area contributed by atoms with Crippen LogP contribution in [0.1, 0.15) is 31.9 Å². The van der Waals surface area contributed by atoms with E-state index in [1.807, 2.05) is 13.0 Å². The molecule has 2 aromatic carbocycles. The highest BCUT2D eigenvalue weighted by molar-refractivity contribution is 7.09. The number of carbonyl (C=O) groups excluding carboxylic acids is 1. The summed E-state index contributed by atoms with van der Waals surface area (Å²) in [6.07, 6.45) is 2.64. The normalized spacial score (nSPS) is 15.9. The second-order valence-electron chi connectivity index (χ2n) is 8.42. The van der Waals surface area contributed by atoms with E-state index in [0.717, 1.165) is 29.8 Å². The number of thiophene rings is 1. The molecule has 0 fully saturated rings. The molecule has 7 nitrogen and oxygen atoms in total. The first-order valence-electron chi connectivity index (χ1n) is 11.3. The summed E-state index contributed by atoms with van der Waals surface area (Å²) in [5, 5.41) is 2.09. The molecule has 0 unspecified atom stereocenters. The quantitative estimate of drug-likeness (QED) is 0.425. The lowest BCUT2D eigenvalue weighted by atomic mass is 9.98. The summed E-state index contributed by atoms with van der Waals surface area (Å²) in [5.74, 6) is 3.04. The number of methoxy groups -OCH3 is 3. The van der Waals surface area contributed by atoms with Crippen molar-refractivity contribution >= 4 is 23.2 Å². The van der Waals surface area contributed by atoms with Gasteiger partial charge in [0.25, 0.3) is 0 Å². The maximum atomic E-state index is 13.4. The molecule has 8 heteroatoms. The van der Waals surface area contributed by atoms with Gasteiger partial charge in [0.15, 0.2) is 17.3 Å². The van der Waals surface area contributed by atoms with Gasteiger partial charge in [0, 0.05) is 29.6 Å². The highest BCUT2D eigenvalue weighted by Crippen LogP contribution is 2.45. The van der Waals surface area contributed by atoms with Crippen molar-refractivity contribution in [3.63, 3.8) is 0 Å². The van der Waals surface area contributed by atoms with Crippen molar-refractivity contribution in [1.29, 1.82) is 0 Å². The highest BCUT2D eigenvalue weighted by Gasteiger charge is 2.35. The number of benzene rings is 2. The molecule has 0 saturated carbocycles. The minimum atomic E-state index is -0.159. The summed E-state index contributed by atoms with van der Waals surface area (Å²) in [6.45, 7) is 3.94. The summed E-state index contributed by atoms with van der Waals surface area (Å²) in [5.41, 5.74) is 2.97. The summed E-state index contributed by atoms with van der Waals surface area (Å²) in [6, 6.07) is 9.64. The van der Waals surface area contributed by atoms with Crippen molar-refractivity contribution in [2.24, 2.45) is 0 Å². The number of fused-ring (bicyclic) bond motifs is 3. The van der Waals surface area contributed by atoms with Crippen LogP contribution >= 0.6 is 11.3 Å². The molecule has 0 atom stereocenters. The van der Waals surface area contributed by atoms with Gasteiger partial charge in [-0.3, -0.25) is 9.69 Å². The number of hydrogen-bond donors (Lipinski definition) is 0. The van der Waals surface area contributed by atoms with E-state index in [4.69, 9.17) is 23.7 Å². The number of hydrogen-bond acceptors (Lipinski definition) is 8. The molecule has 0 amide bonds. The monoisotopic (exact) mass is 493 g/mol. The Hall–Kier alpha value is -3.49. The largest absolute Gasteiger partial charge is 0.496 e. The molecule has 35 heavy (non-hydrogen) atoms. The molecule has 3 heterocycles. The minimum Gasteiger partial charge on any atom is -0.496 e. The summed E-state index contributed by atoms with van der Waals surface area (Å²) >= 11 is 1.76. The summed E-state index contributed by atoms with van der Waals surface area (Å²) in [4.78, 5) is 17.0. The molecule has 0 radical (unpaired) electrons. The van der Waals surface area contributed by atoms with Crippen molar-refractivity contribution in [3.8, 4) is 28.7 Å². The SMILES string of the molecule is COc1cc(OC)c(OC)cc1/C=C1\Oc2c3c(cc(C)c2C1=O)OCN(CCc1cccs1)C3. The molecule has 1 aromatic heterocycles. The van der Waals surface area contributed by atoms with E-state index in [9.17, 15) is 4.79 Å². The van der Waals surface area contributed by atoms with E-state index in [1.165, 1.54) is 4.88 Å². The van der Waals surface area contributed by atoms with E-state index in [0.29, 0.717) is 47.4 Å². The number of Topliss-reactive ketones (excluding diaryl/α,β-unsaturated/α-hetero) is 1. The predicted molar refractivity (Wildman–Crippen MR) is 134 cm³/mol. The van der Waals surface area contributed by atoms with Crippen molar-refractivity contribution in [2.75, 3.05) is 34.6 Å². The van der Waals surface area contributed by atoms with Crippen LogP contribution in [-0.2, 0) is 13.0 Å². The lowest BCUT2D eigenvalue weighted by Gasteiger charge is -2.30. The van der Waals surface area contributed by atoms with E-state index in [2.05, 4.69) is 22.4 Å². The Morgan fingerprint density at radius 3 is 2.57 bits per heavy atom. The van der Waals surface area contributed by atoms with Crippen LogP contribution in [0.2, 0.25) is 0 Å². The fourth-order valence-electron chi connectivity index (χ4n) is 4.45.